The molecule has 0 fully saturated rings. The third-order valence-corrected chi connectivity index (χ3v) is 6.23. The number of fused-ring (bicyclic) bond motifs is 1. The average Bonchev–Trinajstić information content (AvgIpc) is 2.88. The van der Waals surface area contributed by atoms with Crippen molar-refractivity contribution < 1.29 is 14.3 Å². The van der Waals surface area contributed by atoms with Gasteiger partial charge in [0.05, 0.1) is 26.5 Å². The smallest absolute Gasteiger partial charge is 0.267 e. The van der Waals surface area contributed by atoms with Gasteiger partial charge in [-0.15, -0.1) is 0 Å². The van der Waals surface area contributed by atoms with Gasteiger partial charge >= 0.3 is 0 Å². The fourth-order valence-corrected chi connectivity index (χ4v) is 4.48. The van der Waals surface area contributed by atoms with Crippen LogP contribution in [0.1, 0.15) is 53.4 Å². The van der Waals surface area contributed by atoms with Gasteiger partial charge in [0, 0.05) is 34.9 Å². The van der Waals surface area contributed by atoms with Crippen molar-refractivity contribution in [2.45, 2.75) is 33.2 Å². The van der Waals surface area contributed by atoms with Gasteiger partial charge in [-0.05, 0) is 50.1 Å². The Hall–Kier alpha value is -4.66. The van der Waals surface area contributed by atoms with Gasteiger partial charge in [0.15, 0.2) is 11.5 Å². The molecule has 2 aromatic carbocycles. The van der Waals surface area contributed by atoms with Gasteiger partial charge < -0.3 is 20.9 Å². The predicted octanol–water partition coefficient (Wildman–Crippen LogP) is 4.45. The lowest BCUT2D eigenvalue weighted by Crippen LogP contribution is -2.31. The van der Waals surface area contributed by atoms with Crippen molar-refractivity contribution in [1.82, 2.24) is 15.0 Å². The van der Waals surface area contributed by atoms with E-state index in [4.69, 9.17) is 20.9 Å². The number of carbonyl (C=O) groups is 1. The first-order valence-electron chi connectivity index (χ1n) is 12.1. The number of amides is 1. The van der Waals surface area contributed by atoms with E-state index in [9.17, 15) is 4.79 Å². The summed E-state index contributed by atoms with van der Waals surface area (Å²) in [5, 5.41) is 5.94. The van der Waals surface area contributed by atoms with E-state index < -0.39 is 0 Å². The van der Waals surface area contributed by atoms with Gasteiger partial charge in [-0.3, -0.25) is 4.79 Å². The number of benzene rings is 2. The van der Waals surface area contributed by atoms with Crippen LogP contribution >= 0.6 is 0 Å². The second-order valence-corrected chi connectivity index (χ2v) is 9.21. The van der Waals surface area contributed by atoms with Crippen molar-refractivity contribution in [2.24, 2.45) is 5.10 Å². The van der Waals surface area contributed by atoms with Gasteiger partial charge in [-0.1, -0.05) is 35.9 Å². The quantitative estimate of drug-likeness (QED) is 0.353. The Morgan fingerprint density at radius 3 is 2.55 bits per heavy atom. The highest BCUT2D eigenvalue weighted by molar-refractivity contribution is 5.95. The van der Waals surface area contributed by atoms with Gasteiger partial charge in [0.2, 0.25) is 5.95 Å². The lowest BCUT2D eigenvalue weighted by atomic mass is 9.97. The van der Waals surface area contributed by atoms with Crippen LogP contribution in [0.3, 0.4) is 0 Å². The zero-order valence-electron chi connectivity index (χ0n) is 22.2. The number of aryl methyl sites for hydroxylation is 1. The molecule has 0 bridgehead atoms. The topological polar surface area (TPSA) is 129 Å². The maximum atomic E-state index is 13.4. The van der Waals surface area contributed by atoms with Crippen molar-refractivity contribution in [3.63, 3.8) is 0 Å². The zero-order chi connectivity index (χ0) is 27.4. The number of nitrogens with two attached hydrogens (primary N) is 2. The number of rotatable bonds is 7. The van der Waals surface area contributed by atoms with Crippen LogP contribution in [0, 0.1) is 6.92 Å². The first-order valence-corrected chi connectivity index (χ1v) is 12.1. The molecule has 0 spiro atoms. The number of aromatic nitrogens is 2. The van der Waals surface area contributed by atoms with Crippen LogP contribution in [0.2, 0.25) is 0 Å². The van der Waals surface area contributed by atoms with E-state index in [-0.39, 0.29) is 17.9 Å². The van der Waals surface area contributed by atoms with E-state index in [0.717, 1.165) is 27.8 Å². The molecule has 1 aliphatic rings. The molecule has 4 N–H and O–H groups in total. The van der Waals surface area contributed by atoms with Gasteiger partial charge in [0.1, 0.15) is 5.82 Å². The van der Waals surface area contributed by atoms with Crippen molar-refractivity contribution in [3.8, 4) is 11.5 Å². The minimum Gasteiger partial charge on any atom is -0.493 e. The van der Waals surface area contributed by atoms with Crippen molar-refractivity contribution in [1.29, 1.82) is 0 Å². The second-order valence-electron chi connectivity index (χ2n) is 9.21. The molecule has 0 radical (unpaired) electrons. The molecule has 4 rings (SSSR count). The van der Waals surface area contributed by atoms with Crippen LogP contribution in [0.15, 0.2) is 59.2 Å². The van der Waals surface area contributed by atoms with E-state index >= 15 is 0 Å². The van der Waals surface area contributed by atoms with E-state index in [2.05, 4.69) is 15.1 Å². The van der Waals surface area contributed by atoms with Crippen molar-refractivity contribution in [3.05, 3.63) is 87.6 Å². The maximum absolute atomic E-state index is 13.4. The summed E-state index contributed by atoms with van der Waals surface area (Å²) < 4.78 is 11.2. The Kier molecular flexibility index (Phi) is 7.76. The zero-order valence-corrected chi connectivity index (χ0v) is 22.2. The number of carbonyl (C=O) groups excluding carboxylic acids is 1. The number of hydrazone groups is 1. The molecule has 9 heteroatoms. The fraction of sp³-hybridized carbons (Fsp3) is 0.241. The lowest BCUT2D eigenvalue weighted by Gasteiger charge is -2.29. The molecule has 1 aliphatic heterocycles. The lowest BCUT2D eigenvalue weighted by molar-refractivity contribution is -0.127. The first kappa shape index (κ1) is 26.4. The summed E-state index contributed by atoms with van der Waals surface area (Å²) in [5.41, 5.74) is 18.0. The number of nitrogens with zero attached hydrogens (tertiary/aromatic N) is 4. The van der Waals surface area contributed by atoms with Crippen molar-refractivity contribution >= 4 is 30.0 Å². The Labute approximate surface area is 222 Å². The van der Waals surface area contributed by atoms with E-state index in [1.807, 2.05) is 63.2 Å². The highest BCUT2D eigenvalue weighted by Crippen LogP contribution is 2.35. The molecule has 1 atom stereocenters. The molecule has 0 saturated carbocycles. The predicted molar refractivity (Wildman–Crippen MR) is 150 cm³/mol. The third kappa shape index (κ3) is 5.51. The number of anilines is 2. The molecular weight excluding hydrogens is 480 g/mol. The largest absolute Gasteiger partial charge is 0.493 e. The number of hydrogen-bond donors (Lipinski definition) is 2. The number of nitrogen functional groups attached to an aromatic ring is 2. The molecule has 3 aromatic rings. The fourth-order valence-electron chi connectivity index (χ4n) is 4.48. The Bertz CT molecular complexity index is 1430. The molecular formula is C29H32N6O3. The SMILES string of the molecule is COc1cc(Cc2c(C)nc(N)nc2N)cc(/C=C/C(=O)N2N=Cc3ccccc3C2C=C(C)C)c1OC. The van der Waals surface area contributed by atoms with Gasteiger partial charge in [-0.2, -0.15) is 10.1 Å². The average molecular weight is 513 g/mol. The Morgan fingerprint density at radius 2 is 1.87 bits per heavy atom. The van der Waals surface area contributed by atoms with E-state index in [1.165, 1.54) is 11.1 Å². The molecule has 9 nitrogen and oxygen atoms in total. The molecule has 2 heterocycles. The highest BCUT2D eigenvalue weighted by atomic mass is 16.5. The summed E-state index contributed by atoms with van der Waals surface area (Å²) in [6.07, 6.45) is 7.39. The second kappa shape index (κ2) is 11.2. The molecule has 1 aromatic heterocycles. The minimum atomic E-state index is -0.308. The number of ether oxygens (including phenoxy) is 2. The highest BCUT2D eigenvalue weighted by Gasteiger charge is 2.26. The monoisotopic (exact) mass is 512 g/mol. The number of methoxy groups -OCH3 is 2. The third-order valence-electron chi connectivity index (χ3n) is 6.23. The summed E-state index contributed by atoms with van der Waals surface area (Å²) in [5.74, 6) is 1.22. The summed E-state index contributed by atoms with van der Waals surface area (Å²) in [4.78, 5) is 21.7. The number of allylic oxidation sites excluding steroid dienone is 1. The Morgan fingerprint density at radius 1 is 1.11 bits per heavy atom. The van der Waals surface area contributed by atoms with Gasteiger partial charge in [-0.25, -0.2) is 9.99 Å². The molecule has 196 valence electrons. The van der Waals surface area contributed by atoms with Crippen LogP contribution < -0.4 is 20.9 Å². The summed E-state index contributed by atoms with van der Waals surface area (Å²) in [6.45, 7) is 5.84. The summed E-state index contributed by atoms with van der Waals surface area (Å²) in [7, 11) is 3.12. The molecule has 1 amide bonds. The van der Waals surface area contributed by atoms with E-state index in [1.54, 1.807) is 26.5 Å². The van der Waals surface area contributed by atoms with Crippen LogP contribution in [0.25, 0.3) is 6.08 Å². The molecule has 1 unspecified atom stereocenters. The van der Waals surface area contributed by atoms with E-state index in [0.29, 0.717) is 35.0 Å². The molecule has 0 aliphatic carbocycles. The molecule has 0 saturated heterocycles. The normalized spacial score (nSPS) is 14.3. The van der Waals surface area contributed by atoms with Crippen molar-refractivity contribution in [2.75, 3.05) is 25.7 Å². The van der Waals surface area contributed by atoms with Gasteiger partial charge in [0.25, 0.3) is 5.91 Å². The van der Waals surface area contributed by atoms with Crippen LogP contribution in [-0.4, -0.2) is 41.3 Å². The number of hydrogen-bond acceptors (Lipinski definition) is 8. The van der Waals surface area contributed by atoms with Crippen LogP contribution in [0.4, 0.5) is 11.8 Å². The summed E-state index contributed by atoms with van der Waals surface area (Å²) >= 11 is 0. The molecule has 38 heavy (non-hydrogen) atoms. The Balaban J connectivity index is 1.69. The van der Waals surface area contributed by atoms with Crippen LogP contribution in [0.5, 0.6) is 11.5 Å². The standard InChI is InChI=1S/C29H32N6O3/c1-17(2)12-24-22-9-7-6-8-21(22)16-32-35(24)26(36)11-10-20-13-19(15-25(37-4)27(20)38-5)14-23-18(3)33-29(31)34-28(23)30/h6-13,15-16,24H,14H2,1-5H3,(H4,30,31,33,34)/b11-10+. The van der Waals surface area contributed by atoms with Crippen LogP contribution in [-0.2, 0) is 11.2 Å². The maximum Gasteiger partial charge on any atom is 0.267 e. The first-order chi connectivity index (χ1) is 18.2. The minimum absolute atomic E-state index is 0.132. The summed E-state index contributed by atoms with van der Waals surface area (Å²) in [6, 6.07) is 11.4.